The maximum absolute atomic E-state index is 12.8. The first-order valence-electron chi connectivity index (χ1n) is 9.12. The molecule has 26 heavy (non-hydrogen) atoms. The van der Waals surface area contributed by atoms with Crippen LogP contribution in [-0.2, 0) is 20.7 Å². The van der Waals surface area contributed by atoms with Gasteiger partial charge in [0.05, 0.1) is 23.1 Å². The van der Waals surface area contributed by atoms with Crippen LogP contribution in [0.2, 0.25) is 10.0 Å². The van der Waals surface area contributed by atoms with Crippen LogP contribution in [0.4, 0.5) is 0 Å². The Kier molecular flexibility index (Phi) is 6.98. The summed E-state index contributed by atoms with van der Waals surface area (Å²) in [6, 6.07) is 1.77. The lowest BCUT2D eigenvalue weighted by Gasteiger charge is -2.37. The lowest BCUT2D eigenvalue weighted by molar-refractivity contribution is -0.155. The number of ether oxygens (including phenoxy) is 1. The van der Waals surface area contributed by atoms with Gasteiger partial charge in [-0.3, -0.25) is 4.79 Å². The van der Waals surface area contributed by atoms with Gasteiger partial charge < -0.3 is 10.1 Å². The Balaban J connectivity index is 2.21. The number of hydrogen-bond acceptors (Lipinski definition) is 3. The van der Waals surface area contributed by atoms with Gasteiger partial charge >= 0.3 is 5.97 Å². The molecule has 4 nitrogen and oxygen atoms in total. The van der Waals surface area contributed by atoms with E-state index in [0.717, 1.165) is 29.5 Å². The number of nitrogens with one attached hydrogen (secondary N) is 1. The second-order valence-corrected chi connectivity index (χ2v) is 8.09. The molecule has 0 spiro atoms. The van der Waals surface area contributed by atoms with E-state index in [1.807, 2.05) is 13.8 Å². The van der Waals surface area contributed by atoms with Crippen LogP contribution in [0.5, 0.6) is 0 Å². The first-order chi connectivity index (χ1) is 12.2. The third-order valence-corrected chi connectivity index (χ3v) is 6.20. The monoisotopic (exact) mass is 399 g/mol. The van der Waals surface area contributed by atoms with Crippen molar-refractivity contribution >= 4 is 35.1 Å². The lowest BCUT2D eigenvalue weighted by atomic mass is 9.77. The summed E-state index contributed by atoms with van der Waals surface area (Å²) in [6.07, 6.45) is 3.16. The van der Waals surface area contributed by atoms with E-state index in [1.54, 1.807) is 13.0 Å². The normalized spacial score (nSPS) is 22.8. The van der Waals surface area contributed by atoms with Gasteiger partial charge in [0.25, 0.3) is 0 Å². The van der Waals surface area contributed by atoms with E-state index in [0.29, 0.717) is 35.4 Å². The third kappa shape index (κ3) is 4.52. The van der Waals surface area contributed by atoms with Crippen LogP contribution in [0.3, 0.4) is 0 Å². The maximum Gasteiger partial charge on any atom is 0.331 e. The quantitative estimate of drug-likeness (QED) is 0.724. The lowest BCUT2D eigenvalue weighted by Crippen LogP contribution is -2.57. The van der Waals surface area contributed by atoms with Gasteiger partial charge in [0, 0.05) is 0 Å². The fourth-order valence-electron chi connectivity index (χ4n) is 3.60. The fourth-order valence-corrected chi connectivity index (χ4v) is 4.07. The molecule has 1 fully saturated rings. The zero-order chi connectivity index (χ0) is 19.5. The number of halogens is 2. The number of esters is 1. The number of benzene rings is 1. The van der Waals surface area contributed by atoms with Gasteiger partial charge in [0.2, 0.25) is 5.91 Å². The molecule has 0 aromatic heterocycles. The highest BCUT2D eigenvalue weighted by molar-refractivity contribution is 6.42. The van der Waals surface area contributed by atoms with E-state index < -0.39 is 5.54 Å². The fraction of sp³-hybridized carbons (Fsp3) is 0.600. The second kappa shape index (κ2) is 8.62. The highest BCUT2D eigenvalue weighted by Crippen LogP contribution is 2.34. The van der Waals surface area contributed by atoms with Crippen molar-refractivity contribution in [3.05, 3.63) is 32.8 Å². The number of hydrogen-bond donors (Lipinski definition) is 1. The van der Waals surface area contributed by atoms with Crippen molar-refractivity contribution in [3.63, 3.8) is 0 Å². The van der Waals surface area contributed by atoms with Gasteiger partial charge in [-0.15, -0.1) is 0 Å². The van der Waals surface area contributed by atoms with Crippen LogP contribution in [0.15, 0.2) is 6.07 Å². The zero-order valence-electron chi connectivity index (χ0n) is 15.9. The van der Waals surface area contributed by atoms with Gasteiger partial charge in [-0.2, -0.15) is 0 Å². The molecule has 0 heterocycles. The molecule has 1 aromatic rings. The SMILES string of the molecule is CCOC(=O)C1(NC(=O)Cc2c(C)cc(Cl)c(Cl)c2C)CCC(C)CC1. The minimum Gasteiger partial charge on any atom is -0.464 e. The molecule has 6 heteroatoms. The molecule has 1 saturated carbocycles. The van der Waals surface area contributed by atoms with Gasteiger partial charge in [-0.05, 0) is 75.1 Å². The van der Waals surface area contributed by atoms with Gasteiger partial charge in [-0.1, -0.05) is 30.1 Å². The number of carbonyl (C=O) groups excluding carboxylic acids is 2. The number of amides is 1. The number of rotatable bonds is 5. The molecule has 1 aliphatic rings. The van der Waals surface area contributed by atoms with E-state index in [-0.39, 0.29) is 18.3 Å². The number of aryl methyl sites for hydroxylation is 1. The van der Waals surface area contributed by atoms with Crippen LogP contribution >= 0.6 is 23.2 Å². The molecule has 1 aromatic carbocycles. The Hall–Kier alpha value is -1.26. The summed E-state index contributed by atoms with van der Waals surface area (Å²) in [5, 5.41) is 3.93. The van der Waals surface area contributed by atoms with E-state index in [4.69, 9.17) is 27.9 Å². The Bertz CT molecular complexity index is 695. The van der Waals surface area contributed by atoms with Crippen molar-refractivity contribution in [3.8, 4) is 0 Å². The van der Waals surface area contributed by atoms with E-state index in [9.17, 15) is 9.59 Å². The number of carbonyl (C=O) groups is 2. The summed E-state index contributed by atoms with van der Waals surface area (Å²) in [7, 11) is 0. The first-order valence-corrected chi connectivity index (χ1v) is 9.88. The topological polar surface area (TPSA) is 55.4 Å². The van der Waals surface area contributed by atoms with E-state index in [1.165, 1.54) is 0 Å². The molecule has 0 unspecified atom stereocenters. The predicted molar refractivity (Wildman–Crippen MR) is 105 cm³/mol. The largest absolute Gasteiger partial charge is 0.464 e. The average Bonchev–Trinajstić information content (AvgIpc) is 2.59. The molecule has 144 valence electrons. The van der Waals surface area contributed by atoms with Crippen molar-refractivity contribution in [1.29, 1.82) is 0 Å². The average molecular weight is 400 g/mol. The molecular weight excluding hydrogens is 373 g/mol. The summed E-state index contributed by atoms with van der Waals surface area (Å²) in [5.41, 5.74) is 1.64. The Morgan fingerprint density at radius 1 is 1.27 bits per heavy atom. The molecule has 2 rings (SSSR count). The minimum atomic E-state index is -0.919. The molecule has 0 bridgehead atoms. The van der Waals surface area contributed by atoms with Crippen LogP contribution < -0.4 is 5.32 Å². The highest BCUT2D eigenvalue weighted by Gasteiger charge is 2.43. The van der Waals surface area contributed by atoms with Crippen molar-refractivity contribution in [1.82, 2.24) is 5.32 Å². The van der Waals surface area contributed by atoms with Crippen LogP contribution in [0, 0.1) is 19.8 Å². The van der Waals surface area contributed by atoms with Gasteiger partial charge in [-0.25, -0.2) is 4.79 Å². The van der Waals surface area contributed by atoms with E-state index >= 15 is 0 Å². The van der Waals surface area contributed by atoms with Crippen molar-refractivity contribution < 1.29 is 14.3 Å². The highest BCUT2D eigenvalue weighted by atomic mass is 35.5. The van der Waals surface area contributed by atoms with Crippen LogP contribution in [-0.4, -0.2) is 24.0 Å². The van der Waals surface area contributed by atoms with Crippen molar-refractivity contribution in [2.75, 3.05) is 6.61 Å². The molecular formula is C20H27Cl2NO3. The summed E-state index contributed by atoms with van der Waals surface area (Å²) < 4.78 is 5.26. The molecule has 0 atom stereocenters. The van der Waals surface area contributed by atoms with E-state index in [2.05, 4.69) is 12.2 Å². The molecule has 0 aliphatic heterocycles. The van der Waals surface area contributed by atoms with Gasteiger partial charge in [0.1, 0.15) is 5.54 Å². The van der Waals surface area contributed by atoms with Crippen molar-refractivity contribution in [2.45, 2.75) is 65.3 Å². The third-order valence-electron chi connectivity index (χ3n) is 5.32. The molecule has 0 radical (unpaired) electrons. The summed E-state index contributed by atoms with van der Waals surface area (Å²) in [5.74, 6) is 0.0223. The zero-order valence-corrected chi connectivity index (χ0v) is 17.4. The molecule has 1 N–H and O–H groups in total. The summed E-state index contributed by atoms with van der Waals surface area (Å²) >= 11 is 12.3. The smallest absolute Gasteiger partial charge is 0.331 e. The van der Waals surface area contributed by atoms with Crippen LogP contribution in [0.25, 0.3) is 0 Å². The first kappa shape index (κ1) is 21.0. The molecule has 1 amide bonds. The Labute approximate surface area is 165 Å². The summed E-state index contributed by atoms with van der Waals surface area (Å²) in [4.78, 5) is 25.4. The minimum absolute atomic E-state index is 0.158. The molecule has 1 aliphatic carbocycles. The maximum atomic E-state index is 12.8. The molecule has 0 saturated heterocycles. The Morgan fingerprint density at radius 3 is 2.46 bits per heavy atom. The summed E-state index contributed by atoms with van der Waals surface area (Å²) in [6.45, 7) is 8.01. The van der Waals surface area contributed by atoms with Crippen LogP contribution in [0.1, 0.15) is 56.2 Å². The van der Waals surface area contributed by atoms with Gasteiger partial charge in [0.15, 0.2) is 0 Å². The van der Waals surface area contributed by atoms with Crippen molar-refractivity contribution in [2.24, 2.45) is 5.92 Å². The standard InChI is InChI=1S/C20H27Cl2NO3/c1-5-26-19(25)20(8-6-12(2)7-9-20)23-17(24)11-15-13(3)10-16(21)18(22)14(15)4/h10,12H,5-9,11H2,1-4H3,(H,23,24). The second-order valence-electron chi connectivity index (χ2n) is 7.30. The Morgan fingerprint density at radius 2 is 1.88 bits per heavy atom. The predicted octanol–water partition coefficient (Wildman–Crippen LogP) is 4.78.